The Labute approximate surface area is 86.9 Å². The Morgan fingerprint density at radius 1 is 1.33 bits per heavy atom. The molecule has 84 valence electrons. The first-order valence-corrected chi connectivity index (χ1v) is 4.13. The van der Waals surface area contributed by atoms with Crippen LogP contribution in [-0.4, -0.2) is 4.98 Å². The van der Waals surface area contributed by atoms with Crippen molar-refractivity contribution in [3.63, 3.8) is 0 Å². The summed E-state index contributed by atoms with van der Waals surface area (Å²) in [5.41, 5.74) is -3.04. The molecule has 0 N–H and O–H groups in total. The Morgan fingerprint density at radius 3 is 2.20 bits per heavy atom. The van der Waals surface area contributed by atoms with Crippen molar-refractivity contribution < 1.29 is 22.0 Å². The molecule has 1 nitrogen and oxygen atoms in total. The fourth-order valence-corrected chi connectivity index (χ4v) is 1.41. The van der Waals surface area contributed by atoms with Crippen molar-refractivity contribution in [2.45, 2.75) is 19.5 Å². The molecule has 0 saturated carbocycles. The van der Waals surface area contributed by atoms with Gasteiger partial charge < -0.3 is 0 Å². The summed E-state index contributed by atoms with van der Waals surface area (Å²) in [6.45, 7) is 1.08. The molecule has 0 amide bonds. The van der Waals surface area contributed by atoms with Gasteiger partial charge in [0.15, 0.2) is 0 Å². The van der Waals surface area contributed by atoms with Gasteiger partial charge >= 0.3 is 6.18 Å². The lowest BCUT2D eigenvalue weighted by molar-refractivity contribution is -0.139. The molecule has 0 aromatic carbocycles. The van der Waals surface area contributed by atoms with Gasteiger partial charge in [0.2, 0.25) is 0 Å². The van der Waals surface area contributed by atoms with Crippen molar-refractivity contribution in [2.75, 3.05) is 0 Å². The van der Waals surface area contributed by atoms with Crippen LogP contribution in [-0.2, 0) is 6.18 Å². The maximum atomic E-state index is 12.4. The summed E-state index contributed by atoms with van der Waals surface area (Å²) in [5.74, 6) is 0. The van der Waals surface area contributed by atoms with Crippen LogP contribution in [0.4, 0.5) is 22.0 Å². The van der Waals surface area contributed by atoms with Gasteiger partial charge in [0, 0.05) is 11.9 Å². The largest absolute Gasteiger partial charge is 0.418 e. The minimum atomic E-state index is -4.91. The van der Waals surface area contributed by atoms with Crippen LogP contribution in [0.1, 0.15) is 23.2 Å². The number of hydrogen-bond donors (Lipinski definition) is 0. The van der Waals surface area contributed by atoms with Crippen LogP contribution >= 0.6 is 11.6 Å². The van der Waals surface area contributed by atoms with Gasteiger partial charge in [-0.25, -0.2) is 8.78 Å². The molecule has 15 heavy (non-hydrogen) atoms. The molecule has 1 heterocycles. The number of alkyl halides is 5. The summed E-state index contributed by atoms with van der Waals surface area (Å²) in [7, 11) is 0. The summed E-state index contributed by atoms with van der Waals surface area (Å²) in [6.07, 6.45) is -7.45. The summed E-state index contributed by atoms with van der Waals surface area (Å²) in [6, 6.07) is 0. The third kappa shape index (κ3) is 2.37. The minimum Gasteiger partial charge on any atom is -0.260 e. The highest BCUT2D eigenvalue weighted by molar-refractivity contribution is 6.31. The predicted octanol–water partition coefficient (Wildman–Crippen LogP) is 4.00. The van der Waals surface area contributed by atoms with Crippen molar-refractivity contribution in [1.29, 1.82) is 0 Å². The first-order chi connectivity index (χ1) is 6.75. The molecule has 0 saturated heterocycles. The molecule has 0 aliphatic rings. The Balaban J connectivity index is 3.53. The summed E-state index contributed by atoms with van der Waals surface area (Å²) >= 11 is 5.21. The molecule has 0 fully saturated rings. The van der Waals surface area contributed by atoms with Gasteiger partial charge in [0.25, 0.3) is 6.43 Å². The van der Waals surface area contributed by atoms with Gasteiger partial charge in [-0.1, -0.05) is 11.6 Å². The first kappa shape index (κ1) is 12.2. The zero-order valence-corrected chi connectivity index (χ0v) is 8.13. The van der Waals surface area contributed by atoms with Crippen LogP contribution in [0.25, 0.3) is 0 Å². The summed E-state index contributed by atoms with van der Waals surface area (Å²) < 4.78 is 62.0. The van der Waals surface area contributed by atoms with E-state index in [1.165, 1.54) is 0 Å². The van der Waals surface area contributed by atoms with Gasteiger partial charge in [-0.3, -0.25) is 4.98 Å². The quantitative estimate of drug-likeness (QED) is 0.682. The lowest BCUT2D eigenvalue weighted by Crippen LogP contribution is -2.13. The zero-order chi connectivity index (χ0) is 11.8. The molecule has 1 rings (SSSR count). The first-order valence-electron chi connectivity index (χ1n) is 3.75. The standard InChI is InChI=1S/C8H5ClF5N/c1-3-5(7(10)11)6(8(12,13)14)4(9)2-15-3/h2,7H,1H3. The molecule has 0 unspecified atom stereocenters. The lowest BCUT2D eigenvalue weighted by atomic mass is 10.1. The number of aryl methyl sites for hydroxylation is 1. The van der Waals surface area contributed by atoms with E-state index in [1.807, 2.05) is 0 Å². The molecule has 0 aliphatic carbocycles. The Hall–Kier alpha value is -0.910. The number of rotatable bonds is 1. The third-order valence-corrected chi connectivity index (χ3v) is 2.06. The molecule has 7 heteroatoms. The number of aromatic nitrogens is 1. The topological polar surface area (TPSA) is 12.9 Å². The highest BCUT2D eigenvalue weighted by Crippen LogP contribution is 2.41. The van der Waals surface area contributed by atoms with Gasteiger partial charge in [0.05, 0.1) is 16.1 Å². The van der Waals surface area contributed by atoms with E-state index in [-0.39, 0.29) is 5.69 Å². The summed E-state index contributed by atoms with van der Waals surface area (Å²) in [5, 5.41) is -0.816. The fraction of sp³-hybridized carbons (Fsp3) is 0.375. The SMILES string of the molecule is Cc1ncc(Cl)c(C(F)(F)F)c1C(F)F. The van der Waals surface area contributed by atoms with Gasteiger partial charge in [0.1, 0.15) is 0 Å². The highest BCUT2D eigenvalue weighted by atomic mass is 35.5. The van der Waals surface area contributed by atoms with Crippen molar-refractivity contribution in [1.82, 2.24) is 4.98 Å². The zero-order valence-electron chi connectivity index (χ0n) is 7.37. The monoisotopic (exact) mass is 245 g/mol. The molecule has 0 bridgehead atoms. The van der Waals surface area contributed by atoms with Crippen LogP contribution in [0, 0.1) is 6.92 Å². The molecular formula is C8H5ClF5N. The average Bonchev–Trinajstić information content (AvgIpc) is 2.05. The maximum absolute atomic E-state index is 12.4. The predicted molar refractivity (Wildman–Crippen MR) is 43.9 cm³/mol. The van der Waals surface area contributed by atoms with E-state index in [0.29, 0.717) is 6.20 Å². The van der Waals surface area contributed by atoms with E-state index in [9.17, 15) is 22.0 Å². The lowest BCUT2D eigenvalue weighted by Gasteiger charge is -2.15. The number of pyridine rings is 1. The second-order valence-corrected chi connectivity index (χ2v) is 3.19. The van der Waals surface area contributed by atoms with E-state index in [2.05, 4.69) is 4.98 Å². The number of nitrogens with zero attached hydrogens (tertiary/aromatic N) is 1. The average molecular weight is 246 g/mol. The Bertz CT molecular complexity index is 374. The van der Waals surface area contributed by atoms with Gasteiger partial charge in [-0.15, -0.1) is 0 Å². The second kappa shape index (κ2) is 3.92. The molecule has 1 aromatic rings. The highest BCUT2D eigenvalue weighted by Gasteiger charge is 2.39. The smallest absolute Gasteiger partial charge is 0.260 e. The van der Waals surface area contributed by atoms with E-state index in [0.717, 1.165) is 6.92 Å². The van der Waals surface area contributed by atoms with Crippen molar-refractivity contribution in [2.24, 2.45) is 0 Å². The summed E-state index contributed by atoms with van der Waals surface area (Å²) in [4.78, 5) is 3.36. The van der Waals surface area contributed by atoms with Crippen molar-refractivity contribution in [3.8, 4) is 0 Å². The van der Waals surface area contributed by atoms with Crippen molar-refractivity contribution >= 4 is 11.6 Å². The molecular weight excluding hydrogens is 241 g/mol. The fourth-order valence-electron chi connectivity index (χ4n) is 1.15. The van der Waals surface area contributed by atoms with E-state index >= 15 is 0 Å². The molecule has 0 spiro atoms. The van der Waals surface area contributed by atoms with Gasteiger partial charge in [-0.2, -0.15) is 13.2 Å². The normalized spacial score (nSPS) is 12.3. The maximum Gasteiger partial charge on any atom is 0.418 e. The Kier molecular flexibility index (Phi) is 3.18. The van der Waals surface area contributed by atoms with Crippen LogP contribution in [0.2, 0.25) is 5.02 Å². The second-order valence-electron chi connectivity index (χ2n) is 2.78. The van der Waals surface area contributed by atoms with E-state index < -0.39 is 28.8 Å². The molecule has 0 atom stereocenters. The molecule has 0 aliphatic heterocycles. The van der Waals surface area contributed by atoms with Crippen molar-refractivity contribution in [3.05, 3.63) is 28.0 Å². The molecule has 1 aromatic heterocycles. The third-order valence-electron chi connectivity index (χ3n) is 1.77. The molecule has 0 radical (unpaired) electrons. The van der Waals surface area contributed by atoms with E-state index in [1.54, 1.807) is 0 Å². The van der Waals surface area contributed by atoms with Crippen LogP contribution in [0.15, 0.2) is 6.20 Å². The van der Waals surface area contributed by atoms with Crippen LogP contribution in [0.3, 0.4) is 0 Å². The van der Waals surface area contributed by atoms with E-state index in [4.69, 9.17) is 11.6 Å². The number of halogens is 6. The van der Waals surface area contributed by atoms with Gasteiger partial charge in [-0.05, 0) is 6.92 Å². The van der Waals surface area contributed by atoms with Crippen LogP contribution in [0.5, 0.6) is 0 Å². The van der Waals surface area contributed by atoms with Crippen LogP contribution < -0.4 is 0 Å². The minimum absolute atomic E-state index is 0.373. The Morgan fingerprint density at radius 2 is 1.87 bits per heavy atom. The number of hydrogen-bond acceptors (Lipinski definition) is 1.